The molecule has 3 heteroatoms. The van der Waals surface area contributed by atoms with E-state index in [1.165, 1.54) is 102 Å². The molecule has 0 amide bonds. The minimum atomic E-state index is -1.30. The molecule has 0 bridgehead atoms. The van der Waals surface area contributed by atoms with Crippen LogP contribution in [-0.2, 0) is 0 Å². The summed E-state index contributed by atoms with van der Waals surface area (Å²) < 4.78 is 0. The van der Waals surface area contributed by atoms with Crippen LogP contribution in [0.15, 0.2) is 0 Å². The van der Waals surface area contributed by atoms with Gasteiger partial charge in [0.15, 0.2) is 0 Å². The third-order valence-electron chi connectivity index (χ3n) is 4.43. The zero-order valence-electron chi connectivity index (χ0n) is 15.3. The summed E-state index contributed by atoms with van der Waals surface area (Å²) in [6, 6.07) is 1.29. The summed E-state index contributed by atoms with van der Waals surface area (Å²) in [4.78, 5) is 0. The van der Waals surface area contributed by atoms with Gasteiger partial charge in [-0.15, -0.1) is 0 Å². The first-order chi connectivity index (χ1) is 10.6. The first-order valence-corrected chi connectivity index (χ1v) is 14.7. The van der Waals surface area contributed by atoms with Crippen LogP contribution in [-0.4, -0.2) is 13.1 Å². The molecule has 0 aliphatic heterocycles. The minimum absolute atomic E-state index is 1.06. The molecule has 0 heterocycles. The molecule has 0 saturated heterocycles. The van der Waals surface area contributed by atoms with Crippen LogP contribution in [0.25, 0.3) is 0 Å². The standard InChI is InChI=1S/C19H41ClSSi/c1-22(2,20)19-17-15-13-11-9-7-5-3-4-6-8-10-12-14-16-18-21/h21H,3-19H2,1-2H3. The minimum Gasteiger partial charge on any atom is -0.179 e. The first kappa shape index (κ1) is 22.9. The van der Waals surface area contributed by atoms with Crippen molar-refractivity contribution in [2.75, 3.05) is 5.75 Å². The highest BCUT2D eigenvalue weighted by Crippen LogP contribution is 2.19. The molecular formula is C19H41ClSSi. The van der Waals surface area contributed by atoms with Crippen LogP contribution in [0, 0.1) is 0 Å². The summed E-state index contributed by atoms with van der Waals surface area (Å²) in [5.74, 6) is 1.06. The normalized spacial score (nSPS) is 12.0. The Hall–Kier alpha value is 0.857. The SMILES string of the molecule is C[Si](C)(Cl)CCCCCCCCCCCCCCCCCS. The summed E-state index contributed by atoms with van der Waals surface area (Å²) in [5.41, 5.74) is 0. The van der Waals surface area contributed by atoms with Crippen molar-refractivity contribution in [3.63, 3.8) is 0 Å². The number of unbranched alkanes of at least 4 members (excludes halogenated alkanes) is 14. The third-order valence-corrected chi connectivity index (χ3v) is 6.86. The number of hydrogen-bond donors (Lipinski definition) is 1. The summed E-state index contributed by atoms with van der Waals surface area (Å²) in [6.45, 7) is 4.52. The number of rotatable bonds is 17. The average Bonchev–Trinajstić information content (AvgIpc) is 2.45. The lowest BCUT2D eigenvalue weighted by Gasteiger charge is -2.11. The number of hydrogen-bond acceptors (Lipinski definition) is 1. The van der Waals surface area contributed by atoms with Crippen LogP contribution < -0.4 is 0 Å². The van der Waals surface area contributed by atoms with E-state index in [1.54, 1.807) is 0 Å². The molecule has 0 spiro atoms. The van der Waals surface area contributed by atoms with Crippen LogP contribution in [0.3, 0.4) is 0 Å². The van der Waals surface area contributed by atoms with Gasteiger partial charge in [-0.1, -0.05) is 103 Å². The van der Waals surface area contributed by atoms with Crippen LogP contribution in [0.5, 0.6) is 0 Å². The number of thiol groups is 1. The molecule has 0 saturated carbocycles. The van der Waals surface area contributed by atoms with Crippen molar-refractivity contribution in [2.24, 2.45) is 0 Å². The molecule has 0 unspecified atom stereocenters. The van der Waals surface area contributed by atoms with Crippen molar-refractivity contribution in [1.29, 1.82) is 0 Å². The fraction of sp³-hybridized carbons (Fsp3) is 1.00. The quantitative estimate of drug-likeness (QED) is 0.114. The van der Waals surface area contributed by atoms with Crippen molar-refractivity contribution in [2.45, 2.75) is 115 Å². The molecule has 0 aromatic carbocycles. The van der Waals surface area contributed by atoms with Gasteiger partial charge in [0.1, 0.15) is 7.38 Å². The van der Waals surface area contributed by atoms with Crippen molar-refractivity contribution in [3.05, 3.63) is 0 Å². The molecule has 134 valence electrons. The summed E-state index contributed by atoms with van der Waals surface area (Å²) in [5, 5.41) is 0. The van der Waals surface area contributed by atoms with Crippen LogP contribution in [0.1, 0.15) is 96.3 Å². The molecule has 0 aliphatic carbocycles. The predicted octanol–water partition coefficient (Wildman–Crippen LogP) is 8.21. The maximum Gasteiger partial charge on any atom is 0.150 e. The third kappa shape index (κ3) is 20.9. The van der Waals surface area contributed by atoms with Crippen molar-refractivity contribution >= 4 is 31.1 Å². The van der Waals surface area contributed by atoms with Gasteiger partial charge in [0.25, 0.3) is 0 Å². The highest BCUT2D eigenvalue weighted by molar-refractivity contribution is 7.80. The second kappa shape index (κ2) is 16.7. The van der Waals surface area contributed by atoms with E-state index in [-0.39, 0.29) is 0 Å². The van der Waals surface area contributed by atoms with Crippen LogP contribution in [0.2, 0.25) is 19.1 Å². The maximum absolute atomic E-state index is 6.33. The Morgan fingerprint density at radius 1 is 0.545 bits per heavy atom. The van der Waals surface area contributed by atoms with Gasteiger partial charge in [0, 0.05) is 0 Å². The fourth-order valence-electron chi connectivity index (χ4n) is 2.96. The van der Waals surface area contributed by atoms with Gasteiger partial charge in [-0.05, 0) is 18.2 Å². The van der Waals surface area contributed by atoms with Crippen LogP contribution >= 0.6 is 23.7 Å². The largest absolute Gasteiger partial charge is 0.179 e. The van der Waals surface area contributed by atoms with E-state index in [0.717, 1.165) is 5.75 Å². The van der Waals surface area contributed by atoms with E-state index in [2.05, 4.69) is 25.7 Å². The summed E-state index contributed by atoms with van der Waals surface area (Å²) in [7, 11) is -1.30. The van der Waals surface area contributed by atoms with E-state index in [1.807, 2.05) is 0 Å². The second-order valence-electron chi connectivity index (χ2n) is 7.50. The zero-order chi connectivity index (χ0) is 16.5. The molecular weight excluding hydrogens is 324 g/mol. The topological polar surface area (TPSA) is 0 Å². The Morgan fingerprint density at radius 3 is 1.09 bits per heavy atom. The smallest absolute Gasteiger partial charge is 0.150 e. The van der Waals surface area contributed by atoms with Gasteiger partial charge in [-0.2, -0.15) is 23.7 Å². The second-order valence-corrected chi connectivity index (χ2v) is 14.9. The predicted molar refractivity (Wildman–Crippen MR) is 111 cm³/mol. The first-order valence-electron chi connectivity index (χ1n) is 9.86. The van der Waals surface area contributed by atoms with E-state index in [9.17, 15) is 0 Å². The van der Waals surface area contributed by atoms with Gasteiger partial charge in [-0.3, -0.25) is 0 Å². The average molecular weight is 365 g/mol. The van der Waals surface area contributed by atoms with E-state index < -0.39 is 7.38 Å². The molecule has 0 aliphatic rings. The molecule has 0 radical (unpaired) electrons. The molecule has 0 nitrogen and oxygen atoms in total. The Balaban J connectivity index is 3.00. The van der Waals surface area contributed by atoms with Gasteiger partial charge >= 0.3 is 0 Å². The lowest BCUT2D eigenvalue weighted by molar-refractivity contribution is 0.534. The molecule has 0 aromatic heterocycles. The molecule has 22 heavy (non-hydrogen) atoms. The highest BCUT2D eigenvalue weighted by Gasteiger charge is 2.15. The lowest BCUT2D eigenvalue weighted by Crippen LogP contribution is -2.14. The Kier molecular flexibility index (Phi) is 17.4. The summed E-state index contributed by atoms with van der Waals surface area (Å²) in [6.07, 6.45) is 21.4. The Morgan fingerprint density at radius 2 is 0.818 bits per heavy atom. The Labute approximate surface area is 152 Å². The zero-order valence-corrected chi connectivity index (χ0v) is 18.0. The van der Waals surface area contributed by atoms with Crippen molar-refractivity contribution in [3.8, 4) is 0 Å². The summed E-state index contributed by atoms with van der Waals surface area (Å²) >= 11 is 10.6. The fourth-order valence-corrected chi connectivity index (χ4v) is 4.67. The van der Waals surface area contributed by atoms with E-state index in [0.29, 0.717) is 0 Å². The lowest BCUT2D eigenvalue weighted by atomic mass is 10.0. The van der Waals surface area contributed by atoms with E-state index >= 15 is 0 Å². The van der Waals surface area contributed by atoms with Gasteiger partial charge < -0.3 is 0 Å². The van der Waals surface area contributed by atoms with Crippen LogP contribution in [0.4, 0.5) is 0 Å². The molecule has 0 rings (SSSR count). The monoisotopic (exact) mass is 364 g/mol. The molecule has 0 aromatic rings. The van der Waals surface area contributed by atoms with Crippen molar-refractivity contribution < 1.29 is 0 Å². The maximum atomic E-state index is 6.33. The van der Waals surface area contributed by atoms with E-state index in [4.69, 9.17) is 11.1 Å². The number of halogens is 1. The highest BCUT2D eigenvalue weighted by atomic mass is 35.6. The Bertz CT molecular complexity index is 216. The van der Waals surface area contributed by atoms with Gasteiger partial charge in [0.05, 0.1) is 0 Å². The van der Waals surface area contributed by atoms with Crippen molar-refractivity contribution in [1.82, 2.24) is 0 Å². The van der Waals surface area contributed by atoms with Gasteiger partial charge in [-0.25, -0.2) is 0 Å². The molecule has 0 fully saturated rings. The van der Waals surface area contributed by atoms with Gasteiger partial charge in [0.2, 0.25) is 0 Å². The molecule has 0 N–H and O–H groups in total. The molecule has 0 atom stereocenters.